The Kier molecular flexibility index (Phi) is 5.97. The zero-order valence-electron chi connectivity index (χ0n) is 15.8. The normalized spacial score (nSPS) is 16.9. The number of pyridine rings is 1. The summed E-state index contributed by atoms with van der Waals surface area (Å²) in [4.78, 5) is 23.6. The van der Waals surface area contributed by atoms with E-state index >= 15 is 0 Å². The second-order valence-corrected chi connectivity index (χ2v) is 6.63. The van der Waals surface area contributed by atoms with Crippen molar-refractivity contribution in [3.63, 3.8) is 0 Å². The summed E-state index contributed by atoms with van der Waals surface area (Å²) in [5.41, 5.74) is 0.831. The van der Waals surface area contributed by atoms with Gasteiger partial charge in [0.05, 0.1) is 11.5 Å². The van der Waals surface area contributed by atoms with Crippen molar-refractivity contribution < 1.29 is 14.2 Å². The van der Waals surface area contributed by atoms with Crippen LogP contribution in [0.4, 0.5) is 11.5 Å². The molecule has 27 heavy (non-hydrogen) atoms. The van der Waals surface area contributed by atoms with Crippen LogP contribution in [-0.2, 0) is 11.3 Å². The predicted molar refractivity (Wildman–Crippen MR) is 97.5 cm³/mol. The molecule has 0 amide bonds. The molecule has 0 aliphatic carbocycles. The van der Waals surface area contributed by atoms with E-state index in [0.29, 0.717) is 18.3 Å². The highest BCUT2D eigenvalue weighted by molar-refractivity contribution is 5.50. The van der Waals surface area contributed by atoms with Gasteiger partial charge in [-0.3, -0.25) is 15.0 Å². The van der Waals surface area contributed by atoms with Gasteiger partial charge in [0.25, 0.3) is 5.69 Å². The van der Waals surface area contributed by atoms with Crippen molar-refractivity contribution in [2.24, 2.45) is 0 Å². The van der Waals surface area contributed by atoms with Crippen molar-refractivity contribution in [2.75, 3.05) is 38.2 Å². The van der Waals surface area contributed by atoms with E-state index in [4.69, 9.17) is 9.26 Å². The minimum absolute atomic E-state index is 0.0187. The molecule has 1 aliphatic heterocycles. The summed E-state index contributed by atoms with van der Waals surface area (Å²) in [5.74, 6) is 1.93. The van der Waals surface area contributed by atoms with Crippen LogP contribution in [0.2, 0.25) is 0 Å². The van der Waals surface area contributed by atoms with Crippen LogP contribution in [0.25, 0.3) is 0 Å². The molecule has 0 saturated carbocycles. The highest BCUT2D eigenvalue weighted by Crippen LogP contribution is 2.23. The van der Waals surface area contributed by atoms with Crippen LogP contribution in [0.5, 0.6) is 0 Å². The van der Waals surface area contributed by atoms with Gasteiger partial charge in [0.15, 0.2) is 5.82 Å². The summed E-state index contributed by atoms with van der Waals surface area (Å²) < 4.78 is 10.5. The number of anilines is 1. The lowest BCUT2D eigenvalue weighted by Crippen LogP contribution is -2.31. The lowest BCUT2D eigenvalue weighted by molar-refractivity contribution is -0.385. The summed E-state index contributed by atoms with van der Waals surface area (Å²) in [5, 5.41) is 14.9. The second-order valence-electron chi connectivity index (χ2n) is 6.63. The Hall–Kier alpha value is -2.59. The fourth-order valence-electron chi connectivity index (χ4n) is 3.12. The fraction of sp³-hybridized carbons (Fsp3) is 0.588. The Morgan fingerprint density at radius 2 is 2.19 bits per heavy atom. The third-order valence-electron chi connectivity index (χ3n) is 4.69. The maximum absolute atomic E-state index is 10.9. The van der Waals surface area contributed by atoms with Crippen LogP contribution in [-0.4, -0.2) is 58.2 Å². The number of rotatable bonds is 6. The van der Waals surface area contributed by atoms with Crippen molar-refractivity contribution in [2.45, 2.75) is 32.9 Å². The number of methoxy groups -OCH3 is 1. The van der Waals surface area contributed by atoms with Gasteiger partial charge in [-0.1, -0.05) is 5.16 Å². The van der Waals surface area contributed by atoms with Crippen LogP contribution in [0.15, 0.2) is 16.8 Å². The number of hydrogen-bond acceptors (Lipinski definition) is 9. The molecular weight excluding hydrogens is 352 g/mol. The standard InChI is InChI=1S/C17H24N6O4/c1-12-9-14(23(24)25)10-18-17(12)22-6-4-5-21(7-8-22)11-15-19-16(20-27-15)13(2)26-3/h9-10,13H,4-8,11H2,1-3H3. The zero-order valence-corrected chi connectivity index (χ0v) is 15.8. The molecule has 2 aromatic heterocycles. The van der Waals surface area contributed by atoms with Crippen molar-refractivity contribution in [3.05, 3.63) is 39.7 Å². The van der Waals surface area contributed by atoms with Gasteiger partial charge in [-0.05, 0) is 25.8 Å². The number of ether oxygens (including phenoxy) is 1. The first-order valence-electron chi connectivity index (χ1n) is 8.91. The fourth-order valence-corrected chi connectivity index (χ4v) is 3.12. The quantitative estimate of drug-likeness (QED) is 0.552. The van der Waals surface area contributed by atoms with Crippen molar-refractivity contribution in [1.82, 2.24) is 20.0 Å². The highest BCUT2D eigenvalue weighted by Gasteiger charge is 2.21. The first kappa shape index (κ1) is 19.2. The van der Waals surface area contributed by atoms with Crippen LogP contribution in [0.3, 0.4) is 0 Å². The number of nitro groups is 1. The maximum Gasteiger partial charge on any atom is 0.287 e. The van der Waals surface area contributed by atoms with Crippen LogP contribution < -0.4 is 4.90 Å². The molecule has 2 aromatic rings. The van der Waals surface area contributed by atoms with E-state index in [2.05, 4.69) is 24.9 Å². The highest BCUT2D eigenvalue weighted by atomic mass is 16.6. The third kappa shape index (κ3) is 4.58. The summed E-state index contributed by atoms with van der Waals surface area (Å²) in [6.07, 6.45) is 2.08. The number of nitrogens with zero attached hydrogens (tertiary/aromatic N) is 6. The Balaban J connectivity index is 1.62. The first-order chi connectivity index (χ1) is 13.0. The molecule has 0 spiro atoms. The summed E-state index contributed by atoms with van der Waals surface area (Å²) >= 11 is 0. The van der Waals surface area contributed by atoms with E-state index in [1.54, 1.807) is 13.2 Å². The van der Waals surface area contributed by atoms with Crippen LogP contribution in [0.1, 0.15) is 36.7 Å². The predicted octanol–water partition coefficient (Wildman–Crippen LogP) is 2.10. The van der Waals surface area contributed by atoms with Gasteiger partial charge in [-0.15, -0.1) is 0 Å². The van der Waals surface area contributed by atoms with E-state index < -0.39 is 4.92 Å². The maximum atomic E-state index is 10.9. The van der Waals surface area contributed by atoms with Crippen molar-refractivity contribution >= 4 is 11.5 Å². The van der Waals surface area contributed by atoms with Crippen molar-refractivity contribution in [3.8, 4) is 0 Å². The number of aryl methyl sites for hydroxylation is 1. The average molecular weight is 376 g/mol. The first-order valence-corrected chi connectivity index (χ1v) is 8.91. The molecule has 0 N–H and O–H groups in total. The summed E-state index contributed by atoms with van der Waals surface area (Å²) in [7, 11) is 1.61. The molecule has 1 atom stereocenters. The minimum atomic E-state index is -0.420. The molecule has 1 unspecified atom stereocenters. The molecule has 1 fully saturated rings. The van der Waals surface area contributed by atoms with Gasteiger partial charge >= 0.3 is 0 Å². The molecule has 1 saturated heterocycles. The molecule has 10 heteroatoms. The van der Waals surface area contributed by atoms with E-state index in [9.17, 15) is 10.1 Å². The van der Waals surface area contributed by atoms with E-state index in [-0.39, 0.29) is 11.8 Å². The number of aromatic nitrogens is 3. The molecule has 3 heterocycles. The topological polar surface area (TPSA) is 111 Å². The zero-order chi connectivity index (χ0) is 19.4. The largest absolute Gasteiger partial charge is 0.374 e. The Bertz CT molecular complexity index is 795. The number of hydrogen-bond donors (Lipinski definition) is 0. The van der Waals surface area contributed by atoms with Crippen molar-refractivity contribution in [1.29, 1.82) is 0 Å². The van der Waals surface area contributed by atoms with E-state index in [0.717, 1.165) is 44.0 Å². The Morgan fingerprint density at radius 1 is 1.37 bits per heavy atom. The average Bonchev–Trinajstić information content (AvgIpc) is 3.00. The lowest BCUT2D eigenvalue weighted by atomic mass is 10.2. The van der Waals surface area contributed by atoms with Gasteiger partial charge in [0.2, 0.25) is 5.89 Å². The SMILES string of the molecule is COC(C)c1noc(CN2CCCN(c3ncc([N+](=O)[O-])cc3C)CC2)n1. The van der Waals surface area contributed by atoms with E-state index in [1.165, 1.54) is 6.20 Å². The molecule has 0 radical (unpaired) electrons. The summed E-state index contributed by atoms with van der Waals surface area (Å²) in [6, 6.07) is 1.57. The monoisotopic (exact) mass is 376 g/mol. The molecule has 146 valence electrons. The molecule has 0 bridgehead atoms. The molecule has 3 rings (SSSR count). The Morgan fingerprint density at radius 3 is 2.89 bits per heavy atom. The van der Waals surface area contributed by atoms with Gasteiger partial charge in [-0.2, -0.15) is 4.98 Å². The van der Waals surface area contributed by atoms with Gasteiger partial charge in [0.1, 0.15) is 18.1 Å². The van der Waals surface area contributed by atoms with Crippen LogP contribution in [0, 0.1) is 17.0 Å². The van der Waals surface area contributed by atoms with E-state index in [1.807, 2.05) is 13.8 Å². The van der Waals surface area contributed by atoms with Crippen LogP contribution >= 0.6 is 0 Å². The van der Waals surface area contributed by atoms with Gasteiger partial charge < -0.3 is 14.2 Å². The summed E-state index contributed by atoms with van der Waals surface area (Å²) in [6.45, 7) is 7.66. The molecule has 0 aromatic carbocycles. The molecule has 1 aliphatic rings. The van der Waals surface area contributed by atoms with Gasteiger partial charge in [0, 0.05) is 39.4 Å². The smallest absolute Gasteiger partial charge is 0.287 e. The minimum Gasteiger partial charge on any atom is -0.374 e. The second kappa shape index (κ2) is 8.40. The molecule has 10 nitrogen and oxygen atoms in total. The lowest BCUT2D eigenvalue weighted by Gasteiger charge is -2.23. The third-order valence-corrected chi connectivity index (χ3v) is 4.69. The van der Waals surface area contributed by atoms with Gasteiger partial charge in [-0.25, -0.2) is 4.98 Å². The Labute approximate surface area is 157 Å². The molecular formula is C17H24N6O4.